The van der Waals surface area contributed by atoms with Gasteiger partial charge in [-0.15, -0.1) is 0 Å². The summed E-state index contributed by atoms with van der Waals surface area (Å²) >= 11 is 0. The lowest BCUT2D eigenvalue weighted by atomic mass is 9.94. The van der Waals surface area contributed by atoms with Gasteiger partial charge in [0, 0.05) is 11.1 Å². The Kier molecular flexibility index (Phi) is 4.52. The highest BCUT2D eigenvalue weighted by Gasteiger charge is 2.30. The first kappa shape index (κ1) is 19.0. The molecule has 4 aromatic carbocycles. The lowest BCUT2D eigenvalue weighted by Crippen LogP contribution is -2.15. The number of hydrogen-bond donors (Lipinski definition) is 4. The molecule has 0 aliphatic heterocycles. The average molecular weight is 414 g/mol. The fourth-order valence-corrected chi connectivity index (χ4v) is 5.12. The smallest absolute Gasteiger partial charge is 0.321 e. The van der Waals surface area contributed by atoms with E-state index in [1.165, 1.54) is 12.1 Å². The molecule has 4 N–H and O–H groups in total. The lowest BCUT2D eigenvalue weighted by Gasteiger charge is -2.20. The third kappa shape index (κ3) is 3.21. The van der Waals surface area contributed by atoms with Gasteiger partial charge in [-0.1, -0.05) is 60.7 Å². The molecule has 4 rings (SSSR count). The van der Waals surface area contributed by atoms with Crippen LogP contribution in [0.1, 0.15) is 0 Å². The Morgan fingerprint density at radius 3 is 1.21 bits per heavy atom. The second-order valence-corrected chi connectivity index (χ2v) is 9.59. The first-order chi connectivity index (χ1) is 13.2. The Morgan fingerprint density at radius 2 is 0.857 bits per heavy atom. The zero-order valence-electron chi connectivity index (χ0n) is 14.4. The highest BCUT2D eigenvalue weighted by Crippen LogP contribution is 2.46. The Hall–Kier alpha value is -2.30. The summed E-state index contributed by atoms with van der Waals surface area (Å²) in [7, 11) is -9.46. The van der Waals surface area contributed by atoms with Crippen molar-refractivity contribution >= 4 is 47.3 Å². The van der Waals surface area contributed by atoms with Gasteiger partial charge in [-0.2, -0.15) is 0 Å². The van der Waals surface area contributed by atoms with Crippen molar-refractivity contribution in [1.29, 1.82) is 0 Å². The van der Waals surface area contributed by atoms with Crippen molar-refractivity contribution < 1.29 is 28.7 Å². The van der Waals surface area contributed by atoms with Gasteiger partial charge in [-0.25, -0.2) is 0 Å². The van der Waals surface area contributed by atoms with Gasteiger partial charge in [-0.3, -0.25) is 9.13 Å². The molecule has 8 heteroatoms. The minimum absolute atomic E-state index is 0.140. The minimum atomic E-state index is -4.73. The SMILES string of the molecule is O=P(O)(O)c1ccc2ccccc2c1-c1c(P(=O)(O)O)ccc2ccccc12. The van der Waals surface area contributed by atoms with E-state index in [4.69, 9.17) is 0 Å². The van der Waals surface area contributed by atoms with Crippen LogP contribution in [-0.4, -0.2) is 19.6 Å². The molecule has 0 saturated carbocycles. The normalized spacial score (nSPS) is 12.6. The maximum Gasteiger partial charge on any atom is 0.356 e. The second-order valence-electron chi connectivity index (χ2n) is 6.45. The van der Waals surface area contributed by atoms with E-state index >= 15 is 0 Å². The van der Waals surface area contributed by atoms with Crippen LogP contribution in [0.4, 0.5) is 0 Å². The summed E-state index contributed by atoms with van der Waals surface area (Å²) in [5, 5.41) is 1.90. The number of hydrogen-bond acceptors (Lipinski definition) is 2. The van der Waals surface area contributed by atoms with Crippen LogP contribution in [0, 0.1) is 0 Å². The summed E-state index contributed by atoms with van der Waals surface area (Å²) in [6.07, 6.45) is 0. The molecule has 0 radical (unpaired) electrons. The summed E-state index contributed by atoms with van der Waals surface area (Å²) in [4.78, 5) is 39.9. The van der Waals surface area contributed by atoms with Crippen molar-refractivity contribution in [2.75, 3.05) is 0 Å². The first-order valence-electron chi connectivity index (χ1n) is 8.34. The van der Waals surface area contributed by atoms with Gasteiger partial charge in [0.25, 0.3) is 0 Å². The molecular formula is C20H16O6P2. The summed E-state index contributed by atoms with van der Waals surface area (Å²) in [5.74, 6) is 0. The molecule has 0 fully saturated rings. The fraction of sp³-hybridized carbons (Fsp3) is 0. The summed E-state index contributed by atoms with van der Waals surface area (Å²) in [5.41, 5.74) is 0.281. The molecule has 6 nitrogen and oxygen atoms in total. The molecule has 0 spiro atoms. The highest BCUT2D eigenvalue weighted by atomic mass is 31.2. The molecule has 0 heterocycles. The third-order valence-corrected chi connectivity index (χ3v) is 6.69. The predicted octanol–water partition coefficient (Wildman–Crippen LogP) is 3.27. The van der Waals surface area contributed by atoms with E-state index in [0.29, 0.717) is 21.5 Å². The van der Waals surface area contributed by atoms with Crippen LogP contribution >= 0.6 is 15.2 Å². The van der Waals surface area contributed by atoms with Crippen LogP contribution < -0.4 is 10.6 Å². The van der Waals surface area contributed by atoms with Crippen LogP contribution in [0.3, 0.4) is 0 Å². The van der Waals surface area contributed by atoms with Crippen molar-refractivity contribution in [2.24, 2.45) is 0 Å². The molecule has 0 unspecified atom stereocenters. The monoisotopic (exact) mass is 414 g/mol. The van der Waals surface area contributed by atoms with Crippen molar-refractivity contribution in [1.82, 2.24) is 0 Å². The van der Waals surface area contributed by atoms with Gasteiger partial charge >= 0.3 is 15.2 Å². The number of benzene rings is 4. The van der Waals surface area contributed by atoms with E-state index in [2.05, 4.69) is 0 Å². The summed E-state index contributed by atoms with van der Waals surface area (Å²) in [6, 6.07) is 19.8. The van der Waals surface area contributed by atoms with E-state index in [0.717, 1.165) is 0 Å². The molecule has 0 bridgehead atoms. The molecule has 0 aliphatic carbocycles. The van der Waals surface area contributed by atoms with Crippen molar-refractivity contribution in [2.45, 2.75) is 0 Å². The predicted molar refractivity (Wildman–Crippen MR) is 110 cm³/mol. The van der Waals surface area contributed by atoms with Crippen molar-refractivity contribution in [3.63, 3.8) is 0 Å². The van der Waals surface area contributed by atoms with Gasteiger partial charge in [-0.05, 0) is 33.7 Å². The van der Waals surface area contributed by atoms with E-state index in [-0.39, 0.29) is 21.7 Å². The number of fused-ring (bicyclic) bond motifs is 2. The second kappa shape index (κ2) is 6.64. The van der Waals surface area contributed by atoms with Crippen molar-refractivity contribution in [3.8, 4) is 11.1 Å². The topological polar surface area (TPSA) is 115 Å². The molecular weight excluding hydrogens is 398 g/mol. The van der Waals surface area contributed by atoms with Crippen LogP contribution in [-0.2, 0) is 9.13 Å². The van der Waals surface area contributed by atoms with Gasteiger partial charge in [0.1, 0.15) is 0 Å². The summed E-state index contributed by atoms with van der Waals surface area (Å²) < 4.78 is 24.5. The molecule has 0 saturated heterocycles. The quantitative estimate of drug-likeness (QED) is 0.383. The Bertz CT molecular complexity index is 1220. The van der Waals surface area contributed by atoms with Crippen LogP contribution in [0.5, 0.6) is 0 Å². The maximum atomic E-state index is 12.3. The molecule has 0 atom stereocenters. The van der Waals surface area contributed by atoms with Crippen LogP contribution in [0.25, 0.3) is 32.7 Å². The molecule has 4 aromatic rings. The molecule has 28 heavy (non-hydrogen) atoms. The maximum absolute atomic E-state index is 12.3. The van der Waals surface area contributed by atoms with E-state index in [9.17, 15) is 28.7 Å². The first-order valence-corrected chi connectivity index (χ1v) is 11.6. The van der Waals surface area contributed by atoms with Crippen LogP contribution in [0.2, 0.25) is 0 Å². The van der Waals surface area contributed by atoms with Gasteiger partial charge in [0.15, 0.2) is 0 Å². The highest BCUT2D eigenvalue weighted by molar-refractivity contribution is 7.61. The van der Waals surface area contributed by atoms with E-state index < -0.39 is 15.2 Å². The largest absolute Gasteiger partial charge is 0.356 e. The van der Waals surface area contributed by atoms with E-state index in [1.807, 2.05) is 0 Å². The molecule has 0 aromatic heterocycles. The van der Waals surface area contributed by atoms with Crippen molar-refractivity contribution in [3.05, 3.63) is 72.8 Å². The van der Waals surface area contributed by atoms with Gasteiger partial charge < -0.3 is 19.6 Å². The molecule has 142 valence electrons. The average Bonchev–Trinajstić information content (AvgIpc) is 2.64. The third-order valence-electron chi connectivity index (χ3n) is 4.69. The lowest BCUT2D eigenvalue weighted by molar-refractivity contribution is 0.385. The molecule has 0 aliphatic rings. The van der Waals surface area contributed by atoms with Gasteiger partial charge in [0.05, 0.1) is 10.6 Å². The van der Waals surface area contributed by atoms with Gasteiger partial charge in [0.2, 0.25) is 0 Å². The standard InChI is InChI=1S/C20H16O6P2/c21-27(22,23)17-11-9-13-5-1-3-7-15(13)19(17)20-16-8-4-2-6-14(16)10-12-18(20)28(24,25)26/h1-12H,(H2,21,22,23)(H2,24,25,26). The fourth-order valence-electron chi connectivity index (χ4n) is 3.53. The summed E-state index contributed by atoms with van der Waals surface area (Å²) in [6.45, 7) is 0. The minimum Gasteiger partial charge on any atom is -0.321 e. The Morgan fingerprint density at radius 1 is 0.500 bits per heavy atom. The molecule has 0 amide bonds. The van der Waals surface area contributed by atoms with Crippen LogP contribution in [0.15, 0.2) is 72.8 Å². The Labute approximate surface area is 160 Å². The number of rotatable bonds is 3. The Balaban J connectivity index is 2.31. The van der Waals surface area contributed by atoms with E-state index in [1.54, 1.807) is 60.7 Å². The zero-order chi connectivity index (χ0) is 20.1. The zero-order valence-corrected chi connectivity index (χ0v) is 16.2.